The first-order valence-corrected chi connectivity index (χ1v) is 3.91. The summed E-state index contributed by atoms with van der Waals surface area (Å²) in [6.07, 6.45) is 3.17. The highest BCUT2D eigenvalue weighted by Crippen LogP contribution is 1.98. The van der Waals surface area contributed by atoms with E-state index in [9.17, 15) is 0 Å². The number of ether oxygens (including phenoxy) is 1. The summed E-state index contributed by atoms with van der Waals surface area (Å²) in [4.78, 5) is 0. The molecule has 1 radical (unpaired) electrons. The molecule has 0 bridgehead atoms. The third-order valence-corrected chi connectivity index (χ3v) is 1.44. The average molecular weight is 143 g/mol. The van der Waals surface area contributed by atoms with E-state index in [1.807, 2.05) is 0 Å². The molecule has 59 valence electrons. The van der Waals surface area contributed by atoms with Crippen LogP contribution in [0.4, 0.5) is 0 Å². The Morgan fingerprint density at radius 2 is 2.10 bits per heavy atom. The molecule has 0 aromatic rings. The Labute approximate surface area is 62.1 Å². The van der Waals surface area contributed by atoms with E-state index in [0.717, 1.165) is 32.5 Å². The summed E-state index contributed by atoms with van der Waals surface area (Å²) in [7, 11) is 0. The molecular weight excluding hydrogens is 128 g/mol. The molecule has 0 spiro atoms. The van der Waals surface area contributed by atoms with E-state index >= 15 is 0 Å². The molecule has 0 aromatic heterocycles. The Morgan fingerprint density at radius 3 is 2.70 bits per heavy atom. The fourth-order valence-corrected chi connectivity index (χ4v) is 0.835. The molecule has 1 saturated heterocycles. The monoisotopic (exact) mass is 143 g/mol. The lowest BCUT2D eigenvalue weighted by molar-refractivity contribution is 0.114. The van der Waals surface area contributed by atoms with Crippen LogP contribution in [0.15, 0.2) is 0 Å². The van der Waals surface area contributed by atoms with Gasteiger partial charge in [0.15, 0.2) is 0 Å². The normalized spacial score (nSPS) is 20.1. The Bertz CT molecular complexity index is 81.7. The highest BCUT2D eigenvalue weighted by molar-refractivity contribution is 4.79. The molecule has 3 nitrogen and oxygen atoms in total. The first-order chi connectivity index (χ1) is 4.93. The lowest BCUT2D eigenvalue weighted by Crippen LogP contribution is -2.24. The zero-order valence-corrected chi connectivity index (χ0v) is 6.44. The Morgan fingerprint density at radius 1 is 1.40 bits per heavy atom. The van der Waals surface area contributed by atoms with Gasteiger partial charge in [0.2, 0.25) is 6.35 Å². The summed E-state index contributed by atoms with van der Waals surface area (Å²) in [5.41, 5.74) is 0. The average Bonchev–Trinajstić information content (AvgIpc) is 2.41. The molecular formula is C7H15N2O. The maximum absolute atomic E-state index is 5.34. The Kier molecular flexibility index (Phi) is 3.72. The van der Waals surface area contributed by atoms with Crippen molar-refractivity contribution in [3.05, 3.63) is 6.35 Å². The molecule has 0 atom stereocenters. The van der Waals surface area contributed by atoms with Gasteiger partial charge in [0, 0.05) is 13.1 Å². The van der Waals surface area contributed by atoms with Crippen molar-refractivity contribution < 1.29 is 4.74 Å². The molecule has 0 amide bonds. The van der Waals surface area contributed by atoms with E-state index in [0.29, 0.717) is 0 Å². The van der Waals surface area contributed by atoms with Gasteiger partial charge in [-0.15, -0.1) is 0 Å². The van der Waals surface area contributed by atoms with Gasteiger partial charge in [0.05, 0.1) is 6.61 Å². The molecule has 1 rings (SSSR count). The van der Waals surface area contributed by atoms with Gasteiger partial charge >= 0.3 is 0 Å². The van der Waals surface area contributed by atoms with Gasteiger partial charge in [-0.2, -0.15) is 0 Å². The van der Waals surface area contributed by atoms with Crippen LogP contribution < -0.4 is 10.6 Å². The Balaban J connectivity index is 1.91. The van der Waals surface area contributed by atoms with Crippen molar-refractivity contribution in [1.82, 2.24) is 10.6 Å². The Hall–Kier alpha value is -0.120. The molecule has 1 fully saturated rings. The number of rotatable bonds is 4. The molecule has 1 aliphatic rings. The fraction of sp³-hybridized carbons (Fsp3) is 0.857. The van der Waals surface area contributed by atoms with E-state index in [4.69, 9.17) is 4.74 Å². The summed E-state index contributed by atoms with van der Waals surface area (Å²) in [6, 6.07) is 0. The second-order valence-corrected chi connectivity index (χ2v) is 2.38. The van der Waals surface area contributed by atoms with E-state index in [-0.39, 0.29) is 0 Å². The van der Waals surface area contributed by atoms with Crippen molar-refractivity contribution in [1.29, 1.82) is 0 Å². The summed E-state index contributed by atoms with van der Waals surface area (Å²) >= 11 is 0. The van der Waals surface area contributed by atoms with Gasteiger partial charge in [-0.3, -0.25) is 10.6 Å². The first-order valence-electron chi connectivity index (χ1n) is 3.91. The van der Waals surface area contributed by atoms with Crippen LogP contribution in [0.5, 0.6) is 0 Å². The molecule has 0 aromatic carbocycles. The predicted octanol–water partition coefficient (Wildman–Crippen LogP) is 0.443. The highest BCUT2D eigenvalue weighted by Gasteiger charge is 2.13. The maximum Gasteiger partial charge on any atom is 0.234 e. The fourth-order valence-electron chi connectivity index (χ4n) is 0.835. The first kappa shape index (κ1) is 7.98. The predicted molar refractivity (Wildman–Crippen MR) is 40.1 cm³/mol. The number of nitrogens with one attached hydrogen (secondary N) is 2. The SMILES string of the molecule is CCCCO[C]1NCCN1. The van der Waals surface area contributed by atoms with E-state index in [1.165, 1.54) is 6.42 Å². The van der Waals surface area contributed by atoms with Crippen molar-refractivity contribution in [3.8, 4) is 0 Å². The van der Waals surface area contributed by atoms with Gasteiger partial charge in [0.25, 0.3) is 0 Å². The summed E-state index contributed by atoms with van der Waals surface area (Å²) in [5, 5.41) is 6.20. The second-order valence-electron chi connectivity index (χ2n) is 2.38. The number of unbranched alkanes of at least 4 members (excludes halogenated alkanes) is 1. The lowest BCUT2D eigenvalue weighted by atomic mass is 10.4. The minimum absolute atomic E-state index is 0.825. The summed E-state index contributed by atoms with van der Waals surface area (Å²) in [5.74, 6) is 0. The van der Waals surface area contributed by atoms with E-state index in [1.54, 1.807) is 0 Å². The van der Waals surface area contributed by atoms with Crippen molar-refractivity contribution in [3.63, 3.8) is 0 Å². The third kappa shape index (κ3) is 2.64. The summed E-state index contributed by atoms with van der Waals surface area (Å²) in [6.45, 7) is 4.96. The number of hydrogen-bond donors (Lipinski definition) is 2. The molecule has 0 aliphatic carbocycles. The molecule has 0 unspecified atom stereocenters. The van der Waals surface area contributed by atoms with Gasteiger partial charge in [-0.1, -0.05) is 13.3 Å². The summed E-state index contributed by atoms with van der Waals surface area (Å²) < 4.78 is 5.34. The number of hydrogen-bond acceptors (Lipinski definition) is 3. The van der Waals surface area contributed by atoms with Crippen molar-refractivity contribution >= 4 is 0 Å². The van der Waals surface area contributed by atoms with E-state index < -0.39 is 0 Å². The smallest absolute Gasteiger partial charge is 0.234 e. The van der Waals surface area contributed by atoms with Crippen molar-refractivity contribution in [2.45, 2.75) is 19.8 Å². The zero-order valence-electron chi connectivity index (χ0n) is 6.44. The van der Waals surface area contributed by atoms with Gasteiger partial charge in [0.1, 0.15) is 0 Å². The van der Waals surface area contributed by atoms with Gasteiger partial charge < -0.3 is 4.74 Å². The van der Waals surface area contributed by atoms with Crippen LogP contribution >= 0.6 is 0 Å². The minimum Gasteiger partial charge on any atom is -0.343 e. The lowest BCUT2D eigenvalue weighted by Gasteiger charge is -2.08. The molecule has 3 heteroatoms. The van der Waals surface area contributed by atoms with Crippen LogP contribution in [-0.4, -0.2) is 19.7 Å². The third-order valence-electron chi connectivity index (χ3n) is 1.44. The van der Waals surface area contributed by atoms with E-state index in [2.05, 4.69) is 17.6 Å². The van der Waals surface area contributed by atoms with Crippen molar-refractivity contribution in [2.24, 2.45) is 0 Å². The maximum atomic E-state index is 5.34. The standard InChI is InChI=1S/C7H15N2O/c1-2-3-6-10-7-8-4-5-9-7/h8-9H,2-6H2,1H3. The quantitative estimate of drug-likeness (QED) is 0.560. The minimum atomic E-state index is 0.825. The molecule has 10 heavy (non-hydrogen) atoms. The molecule has 0 saturated carbocycles. The zero-order chi connectivity index (χ0) is 7.23. The van der Waals surface area contributed by atoms with Gasteiger partial charge in [-0.25, -0.2) is 0 Å². The van der Waals surface area contributed by atoms with Crippen LogP contribution in [0.3, 0.4) is 0 Å². The topological polar surface area (TPSA) is 33.3 Å². The van der Waals surface area contributed by atoms with Crippen LogP contribution in [0.25, 0.3) is 0 Å². The van der Waals surface area contributed by atoms with Crippen LogP contribution in [0.1, 0.15) is 19.8 Å². The van der Waals surface area contributed by atoms with Crippen LogP contribution in [-0.2, 0) is 4.74 Å². The largest absolute Gasteiger partial charge is 0.343 e. The van der Waals surface area contributed by atoms with Crippen LogP contribution in [0.2, 0.25) is 0 Å². The second kappa shape index (κ2) is 4.66. The van der Waals surface area contributed by atoms with Crippen LogP contribution in [0, 0.1) is 6.35 Å². The molecule has 2 N–H and O–H groups in total. The molecule has 1 aliphatic heterocycles. The molecule has 1 heterocycles. The van der Waals surface area contributed by atoms with Crippen molar-refractivity contribution in [2.75, 3.05) is 19.7 Å². The highest BCUT2D eigenvalue weighted by atomic mass is 16.5. The van der Waals surface area contributed by atoms with Gasteiger partial charge in [-0.05, 0) is 6.42 Å².